The van der Waals surface area contributed by atoms with Crippen LogP contribution >= 0.6 is 0 Å². The van der Waals surface area contributed by atoms with Gasteiger partial charge >= 0.3 is 0 Å². The lowest BCUT2D eigenvalue weighted by Crippen LogP contribution is -2.65. The number of hydrogen-bond acceptors (Lipinski definition) is 3. The Bertz CT molecular complexity index is 350. The van der Waals surface area contributed by atoms with Gasteiger partial charge in [-0.05, 0) is 25.2 Å². The van der Waals surface area contributed by atoms with Gasteiger partial charge in [0.05, 0.1) is 0 Å². The molecule has 2 unspecified atom stereocenters. The predicted molar refractivity (Wildman–Crippen MR) is 78.3 cm³/mol. The highest BCUT2D eigenvalue weighted by Gasteiger charge is 2.43. The fraction of sp³-hybridized carbons (Fsp3) is 0.867. The normalized spacial score (nSPS) is 23.9. The molecule has 0 radical (unpaired) electrons. The lowest BCUT2D eigenvalue weighted by Gasteiger charge is -2.42. The van der Waals surface area contributed by atoms with Crippen molar-refractivity contribution in [1.29, 1.82) is 0 Å². The number of nitrogens with one attached hydrogen (secondary N) is 1. The molecule has 1 saturated heterocycles. The van der Waals surface area contributed by atoms with Crippen molar-refractivity contribution in [2.75, 3.05) is 19.8 Å². The van der Waals surface area contributed by atoms with Gasteiger partial charge in [0.15, 0.2) is 0 Å². The van der Waals surface area contributed by atoms with Crippen molar-refractivity contribution >= 4 is 11.8 Å². The van der Waals surface area contributed by atoms with Crippen molar-refractivity contribution in [2.24, 2.45) is 5.41 Å². The zero-order valence-electron chi connectivity index (χ0n) is 13.4. The summed E-state index contributed by atoms with van der Waals surface area (Å²) in [4.78, 5) is 26.2. The van der Waals surface area contributed by atoms with E-state index >= 15 is 0 Å². The lowest BCUT2D eigenvalue weighted by atomic mass is 9.84. The van der Waals surface area contributed by atoms with E-state index in [4.69, 9.17) is 4.74 Å². The Balaban J connectivity index is 2.62. The molecule has 20 heavy (non-hydrogen) atoms. The molecule has 0 aromatic carbocycles. The van der Waals surface area contributed by atoms with E-state index < -0.39 is 12.1 Å². The van der Waals surface area contributed by atoms with E-state index in [1.807, 2.05) is 20.8 Å². The Labute approximate surface area is 122 Å². The van der Waals surface area contributed by atoms with Crippen LogP contribution in [0.3, 0.4) is 0 Å². The largest absolute Gasteiger partial charge is 0.381 e. The highest BCUT2D eigenvalue weighted by Crippen LogP contribution is 2.25. The molecule has 1 aliphatic heterocycles. The zero-order chi connectivity index (χ0) is 15.3. The van der Waals surface area contributed by atoms with Crippen LogP contribution in [0.5, 0.6) is 0 Å². The van der Waals surface area contributed by atoms with Crippen LogP contribution in [0.25, 0.3) is 0 Å². The van der Waals surface area contributed by atoms with E-state index in [-0.39, 0.29) is 17.2 Å². The fourth-order valence-corrected chi connectivity index (χ4v) is 2.30. The lowest BCUT2D eigenvalue weighted by molar-refractivity contribution is -0.151. The first-order valence-electron chi connectivity index (χ1n) is 7.47. The number of amides is 2. The Hall–Kier alpha value is -1.10. The molecule has 1 fully saturated rings. The molecular formula is C15H28N2O3. The molecule has 1 N–H and O–H groups in total. The third-order valence-electron chi connectivity index (χ3n) is 3.57. The van der Waals surface area contributed by atoms with Crippen LogP contribution in [0.4, 0.5) is 0 Å². The number of rotatable bonds is 6. The molecule has 0 aromatic rings. The number of ether oxygens (including phenoxy) is 1. The summed E-state index contributed by atoms with van der Waals surface area (Å²) in [6.45, 7) is 11.7. The van der Waals surface area contributed by atoms with Crippen LogP contribution in [0.15, 0.2) is 0 Å². The zero-order valence-corrected chi connectivity index (χ0v) is 13.4. The summed E-state index contributed by atoms with van der Waals surface area (Å²) in [7, 11) is 0. The smallest absolute Gasteiger partial charge is 0.246 e. The third kappa shape index (κ3) is 4.20. The van der Waals surface area contributed by atoms with Gasteiger partial charge in [0.2, 0.25) is 11.8 Å². The van der Waals surface area contributed by atoms with Crippen LogP contribution in [-0.4, -0.2) is 48.6 Å². The maximum atomic E-state index is 12.5. The maximum absolute atomic E-state index is 12.5. The number of nitrogens with zero attached hydrogens (tertiary/aromatic N) is 1. The van der Waals surface area contributed by atoms with Gasteiger partial charge in [-0.15, -0.1) is 0 Å². The summed E-state index contributed by atoms with van der Waals surface area (Å²) in [6, 6.07) is -0.838. The van der Waals surface area contributed by atoms with Gasteiger partial charge in [0, 0.05) is 19.8 Å². The van der Waals surface area contributed by atoms with E-state index in [1.54, 1.807) is 11.8 Å². The third-order valence-corrected chi connectivity index (χ3v) is 3.57. The molecule has 2 atom stereocenters. The highest BCUT2D eigenvalue weighted by atomic mass is 16.5. The summed E-state index contributed by atoms with van der Waals surface area (Å²) < 4.78 is 5.43. The van der Waals surface area contributed by atoms with E-state index in [2.05, 4.69) is 12.2 Å². The first kappa shape index (κ1) is 17.0. The summed E-state index contributed by atoms with van der Waals surface area (Å²) in [5.74, 6) is -0.0564. The van der Waals surface area contributed by atoms with Crippen molar-refractivity contribution in [1.82, 2.24) is 10.2 Å². The van der Waals surface area contributed by atoms with Crippen molar-refractivity contribution in [3.05, 3.63) is 0 Å². The van der Waals surface area contributed by atoms with Gasteiger partial charge in [-0.2, -0.15) is 0 Å². The van der Waals surface area contributed by atoms with Crippen molar-refractivity contribution < 1.29 is 14.3 Å². The molecule has 116 valence electrons. The van der Waals surface area contributed by atoms with E-state index in [9.17, 15) is 9.59 Å². The van der Waals surface area contributed by atoms with Crippen LogP contribution in [0.2, 0.25) is 0 Å². The minimum absolute atomic E-state index is 0.0140. The molecule has 0 aromatic heterocycles. The Morgan fingerprint density at radius 1 is 1.25 bits per heavy atom. The van der Waals surface area contributed by atoms with Crippen molar-refractivity contribution in [3.63, 3.8) is 0 Å². The molecule has 5 heteroatoms. The number of piperazine rings is 1. The van der Waals surface area contributed by atoms with Crippen LogP contribution in [0, 0.1) is 5.41 Å². The van der Waals surface area contributed by atoms with E-state index in [1.165, 1.54) is 0 Å². The Kier molecular flexibility index (Phi) is 5.99. The molecule has 1 rings (SSSR count). The Morgan fingerprint density at radius 3 is 2.45 bits per heavy atom. The van der Waals surface area contributed by atoms with Gasteiger partial charge in [0.25, 0.3) is 0 Å². The molecule has 0 bridgehead atoms. The first-order valence-corrected chi connectivity index (χ1v) is 7.47. The molecule has 5 nitrogen and oxygen atoms in total. The fourth-order valence-electron chi connectivity index (χ4n) is 2.30. The number of carbonyl (C=O) groups excluding carboxylic acids is 2. The average molecular weight is 284 g/mol. The number of hydrogen-bond donors (Lipinski definition) is 1. The second-order valence-corrected chi connectivity index (χ2v) is 6.48. The molecular weight excluding hydrogens is 256 g/mol. The second kappa shape index (κ2) is 7.07. The topological polar surface area (TPSA) is 58.6 Å². The summed E-state index contributed by atoms with van der Waals surface area (Å²) in [5, 5.41) is 2.84. The monoisotopic (exact) mass is 284 g/mol. The van der Waals surface area contributed by atoms with E-state index in [0.29, 0.717) is 13.2 Å². The average Bonchev–Trinajstić information content (AvgIpc) is 2.35. The highest BCUT2D eigenvalue weighted by molar-refractivity contribution is 5.97. The molecule has 0 aliphatic carbocycles. The summed E-state index contributed by atoms with van der Waals surface area (Å²) in [6.07, 6.45) is 1.76. The Morgan fingerprint density at radius 2 is 1.90 bits per heavy atom. The minimum atomic E-state index is -0.442. The van der Waals surface area contributed by atoms with Gasteiger partial charge in [-0.1, -0.05) is 27.7 Å². The predicted octanol–water partition coefficient (Wildman–Crippen LogP) is 1.56. The number of carbonyl (C=O) groups is 2. The summed E-state index contributed by atoms with van der Waals surface area (Å²) in [5.41, 5.74) is -0.274. The molecule has 0 saturated carbocycles. The summed E-state index contributed by atoms with van der Waals surface area (Å²) >= 11 is 0. The van der Waals surface area contributed by atoms with Crippen LogP contribution < -0.4 is 5.32 Å². The minimum Gasteiger partial charge on any atom is -0.381 e. The first-order chi connectivity index (χ1) is 9.29. The quantitative estimate of drug-likeness (QED) is 0.753. The second-order valence-electron chi connectivity index (χ2n) is 6.48. The molecule has 2 amide bonds. The van der Waals surface area contributed by atoms with Crippen molar-refractivity contribution in [2.45, 2.75) is 59.5 Å². The van der Waals surface area contributed by atoms with Crippen LogP contribution in [-0.2, 0) is 14.3 Å². The SMILES string of the molecule is CCCOCCCN1C(=O)C(C(C)(C)C)NC(=O)C1C. The molecule has 1 heterocycles. The van der Waals surface area contributed by atoms with Crippen molar-refractivity contribution in [3.8, 4) is 0 Å². The van der Waals surface area contributed by atoms with Gasteiger partial charge in [-0.25, -0.2) is 0 Å². The van der Waals surface area contributed by atoms with Gasteiger partial charge < -0.3 is 15.0 Å². The van der Waals surface area contributed by atoms with Gasteiger partial charge in [-0.3, -0.25) is 9.59 Å². The molecule has 0 spiro atoms. The standard InChI is InChI=1S/C15H28N2O3/c1-6-9-20-10-7-8-17-11(2)13(18)16-12(14(17)19)15(3,4)5/h11-12H,6-10H2,1-5H3,(H,16,18). The van der Waals surface area contributed by atoms with Crippen LogP contribution in [0.1, 0.15) is 47.5 Å². The van der Waals surface area contributed by atoms with Gasteiger partial charge in [0.1, 0.15) is 12.1 Å². The molecule has 1 aliphatic rings. The maximum Gasteiger partial charge on any atom is 0.246 e. The van der Waals surface area contributed by atoms with E-state index in [0.717, 1.165) is 19.4 Å².